The molecule has 1 aromatic carbocycles. The molecule has 1 rings (SSSR count). The van der Waals surface area contributed by atoms with Crippen molar-refractivity contribution in [2.75, 3.05) is 13.1 Å². The van der Waals surface area contributed by atoms with Gasteiger partial charge in [-0.25, -0.2) is 13.1 Å². The Hall–Kier alpha value is -2.07. The monoisotopic (exact) mass is 344 g/mol. The van der Waals surface area contributed by atoms with Crippen molar-refractivity contribution >= 4 is 10.0 Å². The Morgan fingerprint density at radius 3 is 2.30 bits per heavy atom. The van der Waals surface area contributed by atoms with Gasteiger partial charge in [0.05, 0.1) is 23.7 Å². The van der Waals surface area contributed by atoms with Crippen molar-refractivity contribution in [1.29, 1.82) is 0 Å². The van der Waals surface area contributed by atoms with Crippen LogP contribution in [0.5, 0.6) is 0 Å². The second kappa shape index (κ2) is 7.47. The molecule has 0 aliphatic rings. The van der Waals surface area contributed by atoms with Crippen LogP contribution in [-0.4, -0.2) is 37.0 Å². The highest BCUT2D eigenvalue weighted by Gasteiger charge is 2.41. The molecule has 0 heterocycles. The van der Waals surface area contributed by atoms with Gasteiger partial charge in [0.25, 0.3) is 0 Å². The number of nitrogens with one attached hydrogen (secondary N) is 1. The van der Waals surface area contributed by atoms with Crippen LogP contribution in [0.3, 0.4) is 0 Å². The largest absolute Gasteiger partial charge is 0.594 e. The molecule has 0 spiro atoms. The summed E-state index contributed by atoms with van der Waals surface area (Å²) in [7, 11) is -3.61. The number of benzene rings is 1. The van der Waals surface area contributed by atoms with Crippen LogP contribution in [0.1, 0.15) is 25.8 Å². The van der Waals surface area contributed by atoms with Gasteiger partial charge < -0.3 is 5.21 Å². The van der Waals surface area contributed by atoms with Crippen molar-refractivity contribution in [1.82, 2.24) is 4.72 Å². The van der Waals surface area contributed by atoms with Gasteiger partial charge in [-0.2, -0.15) is 0 Å². The van der Waals surface area contributed by atoms with Crippen molar-refractivity contribution in [3.05, 3.63) is 45.2 Å². The Bertz CT molecular complexity index is 683. The summed E-state index contributed by atoms with van der Waals surface area (Å²) in [6.45, 7) is 4.20. The number of sulfonamides is 1. The van der Waals surface area contributed by atoms with Crippen LogP contribution in [-0.2, 0) is 10.0 Å². The van der Waals surface area contributed by atoms with Gasteiger partial charge in [0, 0.05) is 6.54 Å². The number of aryl methyl sites for hydroxylation is 1. The zero-order valence-electron chi connectivity index (χ0n) is 13.2. The van der Waals surface area contributed by atoms with Crippen LogP contribution in [0.4, 0.5) is 0 Å². The van der Waals surface area contributed by atoms with E-state index in [0.29, 0.717) is 0 Å². The molecule has 1 aromatic rings. The number of azo groups is 1. The molecule has 0 bridgehead atoms. The Balaban J connectivity index is 2.51. The van der Waals surface area contributed by atoms with E-state index in [-0.39, 0.29) is 29.3 Å². The standard InChI is InChI=1S/C13H20N4O5S/c1-11-5-7-12(8-6-11)23(21,22)15-10-4-9-14-16(18)13(2,3)17(19)20/h5-8,15H,4,9-10H2,1-3H3. The van der Waals surface area contributed by atoms with Crippen molar-refractivity contribution < 1.29 is 18.2 Å². The number of hydroxylamine groups is 1. The number of hydrogen-bond donors (Lipinski definition) is 1. The lowest BCUT2D eigenvalue weighted by molar-refractivity contribution is -0.806. The average Bonchev–Trinajstić information content (AvgIpc) is 2.46. The molecule has 0 aromatic heterocycles. The Kier molecular flexibility index (Phi) is 6.16. The molecule has 0 radical (unpaired) electrons. The highest BCUT2D eigenvalue weighted by molar-refractivity contribution is 7.89. The summed E-state index contributed by atoms with van der Waals surface area (Å²) in [5.41, 5.74) is -0.895. The summed E-state index contributed by atoms with van der Waals surface area (Å²) >= 11 is 0. The van der Waals surface area contributed by atoms with Crippen LogP contribution in [0.25, 0.3) is 0 Å². The Morgan fingerprint density at radius 1 is 1.22 bits per heavy atom. The van der Waals surface area contributed by atoms with Crippen LogP contribution in [0, 0.1) is 22.2 Å². The smallest absolute Gasteiger partial charge is 0.432 e. The SMILES string of the molecule is Cc1ccc(S(=O)(=O)NCCCN=[N+]([O-])C(C)(C)[N+](=O)[O-])cc1. The van der Waals surface area contributed by atoms with E-state index in [4.69, 9.17) is 0 Å². The van der Waals surface area contributed by atoms with E-state index in [2.05, 4.69) is 9.84 Å². The highest BCUT2D eigenvalue weighted by Crippen LogP contribution is 2.10. The highest BCUT2D eigenvalue weighted by atomic mass is 32.2. The maximum Gasteiger partial charge on any atom is 0.432 e. The summed E-state index contributed by atoms with van der Waals surface area (Å²) in [5.74, 6) is 0. The summed E-state index contributed by atoms with van der Waals surface area (Å²) < 4.78 is 26.4. The van der Waals surface area contributed by atoms with Gasteiger partial charge in [0.15, 0.2) is 0 Å². The quantitative estimate of drug-likeness (QED) is 0.191. The molecule has 0 amide bonds. The molecule has 0 atom stereocenters. The fraction of sp³-hybridized carbons (Fsp3) is 0.538. The van der Waals surface area contributed by atoms with Crippen LogP contribution < -0.4 is 4.72 Å². The second-order valence-electron chi connectivity index (χ2n) is 5.45. The maximum atomic E-state index is 12.0. The summed E-state index contributed by atoms with van der Waals surface area (Å²) in [5, 5.41) is 25.7. The second-order valence-corrected chi connectivity index (χ2v) is 7.22. The molecule has 128 valence electrons. The zero-order chi connectivity index (χ0) is 17.7. The van der Waals surface area contributed by atoms with Gasteiger partial charge in [-0.15, -0.1) is 0 Å². The first kappa shape index (κ1) is 19.0. The first-order valence-corrected chi connectivity index (χ1v) is 8.41. The fourth-order valence-corrected chi connectivity index (χ4v) is 2.56. The lowest BCUT2D eigenvalue weighted by Crippen LogP contribution is -2.40. The molecular weight excluding hydrogens is 324 g/mol. The van der Waals surface area contributed by atoms with Gasteiger partial charge >= 0.3 is 5.66 Å². The van der Waals surface area contributed by atoms with E-state index in [9.17, 15) is 23.7 Å². The van der Waals surface area contributed by atoms with E-state index in [1.54, 1.807) is 12.1 Å². The number of hydrogen-bond acceptors (Lipinski definition) is 6. The normalized spacial score (nSPS) is 13.1. The van der Waals surface area contributed by atoms with Crippen molar-refractivity contribution in [2.45, 2.75) is 37.8 Å². The average molecular weight is 344 g/mol. The molecule has 0 fully saturated rings. The van der Waals surface area contributed by atoms with Gasteiger partial charge in [0.2, 0.25) is 10.0 Å². The first-order valence-electron chi connectivity index (χ1n) is 6.93. The van der Waals surface area contributed by atoms with Gasteiger partial charge in [-0.1, -0.05) is 17.7 Å². The van der Waals surface area contributed by atoms with Crippen molar-refractivity contribution in [2.24, 2.45) is 5.11 Å². The zero-order valence-corrected chi connectivity index (χ0v) is 14.0. The molecule has 1 N–H and O–H groups in total. The van der Waals surface area contributed by atoms with E-state index >= 15 is 0 Å². The number of nitro groups is 1. The predicted octanol–water partition coefficient (Wildman–Crippen LogP) is 1.64. The van der Waals surface area contributed by atoms with Crippen molar-refractivity contribution in [3.63, 3.8) is 0 Å². The molecule has 0 unspecified atom stereocenters. The van der Waals surface area contributed by atoms with Gasteiger partial charge in [-0.05, 0) is 35.5 Å². The van der Waals surface area contributed by atoms with E-state index in [1.165, 1.54) is 12.1 Å². The molecule has 23 heavy (non-hydrogen) atoms. The van der Waals surface area contributed by atoms with Crippen LogP contribution in [0.15, 0.2) is 34.3 Å². The van der Waals surface area contributed by atoms with Crippen LogP contribution in [0.2, 0.25) is 0 Å². The number of rotatable bonds is 8. The third kappa shape index (κ3) is 5.25. The Morgan fingerprint density at radius 2 is 1.78 bits per heavy atom. The minimum Gasteiger partial charge on any atom is -0.594 e. The topological polar surface area (TPSA) is 128 Å². The maximum absolute atomic E-state index is 12.0. The molecule has 9 nitrogen and oxygen atoms in total. The van der Waals surface area contributed by atoms with Crippen molar-refractivity contribution in [3.8, 4) is 0 Å². The van der Waals surface area contributed by atoms with E-state index < -0.39 is 20.6 Å². The Labute approximate surface area is 134 Å². The first-order chi connectivity index (χ1) is 10.6. The third-order valence-corrected chi connectivity index (χ3v) is 4.58. The lowest BCUT2D eigenvalue weighted by atomic mass is 10.2. The predicted molar refractivity (Wildman–Crippen MR) is 83.0 cm³/mol. The molecule has 0 aliphatic heterocycles. The van der Waals surface area contributed by atoms with Gasteiger partial charge in [-0.3, -0.25) is 10.1 Å². The lowest BCUT2D eigenvalue weighted by Gasteiger charge is -2.12. The fourth-order valence-electron chi connectivity index (χ4n) is 1.49. The third-order valence-electron chi connectivity index (χ3n) is 3.10. The molecule has 0 saturated heterocycles. The van der Waals surface area contributed by atoms with E-state index in [1.807, 2.05) is 6.92 Å². The summed E-state index contributed by atoms with van der Waals surface area (Å²) in [6, 6.07) is 6.39. The molecule has 0 aliphatic carbocycles. The van der Waals surface area contributed by atoms with Gasteiger partial charge in [0.1, 0.15) is 6.54 Å². The number of nitrogens with zero attached hydrogens (tertiary/aromatic N) is 3. The molecule has 0 saturated carbocycles. The summed E-state index contributed by atoms with van der Waals surface area (Å²) in [6.07, 6.45) is 0.248. The van der Waals surface area contributed by atoms with Crippen LogP contribution >= 0.6 is 0 Å². The minimum atomic E-state index is -3.61. The molecule has 10 heteroatoms. The molecular formula is C13H20N4O5S. The van der Waals surface area contributed by atoms with E-state index in [0.717, 1.165) is 19.4 Å². The summed E-state index contributed by atoms with van der Waals surface area (Å²) in [4.78, 5) is 10.1. The minimum absolute atomic E-state index is 0.0167.